The third-order valence-electron chi connectivity index (χ3n) is 3.28. The maximum atomic E-state index is 12.0. The summed E-state index contributed by atoms with van der Waals surface area (Å²) in [5.41, 5.74) is 0.560. The van der Waals surface area contributed by atoms with Crippen molar-refractivity contribution in [2.75, 3.05) is 0 Å². The number of carbonyl (C=O) groups is 1. The number of halogens is 1. The van der Waals surface area contributed by atoms with Crippen LogP contribution in [0.3, 0.4) is 0 Å². The van der Waals surface area contributed by atoms with Crippen molar-refractivity contribution < 1.29 is 14.4 Å². The summed E-state index contributed by atoms with van der Waals surface area (Å²) in [6.07, 6.45) is 1.50. The van der Waals surface area contributed by atoms with Gasteiger partial charge >= 0.3 is 5.97 Å². The van der Waals surface area contributed by atoms with Crippen LogP contribution in [0.4, 0.5) is 0 Å². The summed E-state index contributed by atoms with van der Waals surface area (Å²) in [5, 5.41) is 13.5. The number of benzene rings is 1. The second kappa shape index (κ2) is 6.10. The van der Waals surface area contributed by atoms with Crippen molar-refractivity contribution in [3.05, 3.63) is 75.4 Å². The molecular formula is C16H11ClN2O4. The van der Waals surface area contributed by atoms with Crippen molar-refractivity contribution in [3.63, 3.8) is 0 Å². The lowest BCUT2D eigenvalue weighted by atomic mass is 10.1. The Balaban J connectivity index is 1.88. The normalized spacial score (nSPS) is 10.7. The molecule has 3 rings (SSSR count). The molecule has 1 N–H and O–H groups in total. The van der Waals surface area contributed by atoms with Crippen molar-refractivity contribution in [2.45, 2.75) is 6.54 Å². The average molecular weight is 331 g/mol. The zero-order valence-corrected chi connectivity index (χ0v) is 12.5. The zero-order valence-electron chi connectivity index (χ0n) is 11.8. The third kappa shape index (κ3) is 3.17. The Morgan fingerprint density at radius 3 is 2.70 bits per heavy atom. The van der Waals surface area contributed by atoms with E-state index in [2.05, 4.69) is 5.16 Å². The topological polar surface area (TPSA) is 85.3 Å². The fourth-order valence-electron chi connectivity index (χ4n) is 2.14. The van der Waals surface area contributed by atoms with Crippen molar-refractivity contribution in [1.29, 1.82) is 0 Å². The highest BCUT2D eigenvalue weighted by Gasteiger charge is 2.12. The van der Waals surface area contributed by atoms with Crippen molar-refractivity contribution in [2.24, 2.45) is 0 Å². The highest BCUT2D eigenvalue weighted by molar-refractivity contribution is 6.30. The first-order valence-electron chi connectivity index (χ1n) is 6.69. The Bertz CT molecular complexity index is 912. The van der Waals surface area contributed by atoms with Crippen molar-refractivity contribution in [1.82, 2.24) is 9.72 Å². The average Bonchev–Trinajstić information content (AvgIpc) is 2.98. The van der Waals surface area contributed by atoms with Crippen LogP contribution < -0.4 is 5.56 Å². The number of carboxylic acids is 1. The van der Waals surface area contributed by atoms with Gasteiger partial charge in [-0.3, -0.25) is 4.79 Å². The lowest BCUT2D eigenvalue weighted by Crippen LogP contribution is -2.25. The van der Waals surface area contributed by atoms with Gasteiger partial charge in [-0.05, 0) is 24.3 Å². The van der Waals surface area contributed by atoms with Gasteiger partial charge in [-0.1, -0.05) is 28.9 Å². The van der Waals surface area contributed by atoms with Gasteiger partial charge in [0.15, 0.2) is 5.76 Å². The molecule has 0 aliphatic rings. The van der Waals surface area contributed by atoms with Crippen LogP contribution in [-0.2, 0) is 6.54 Å². The summed E-state index contributed by atoms with van der Waals surface area (Å²) in [4.78, 5) is 23.0. The second-order valence-corrected chi connectivity index (χ2v) is 5.28. The quantitative estimate of drug-likeness (QED) is 0.795. The molecule has 0 radical (unpaired) electrons. The maximum absolute atomic E-state index is 12.0. The summed E-state index contributed by atoms with van der Waals surface area (Å²) in [6.45, 7) is 0.0978. The van der Waals surface area contributed by atoms with Crippen LogP contribution in [0, 0.1) is 0 Å². The Morgan fingerprint density at radius 2 is 2.00 bits per heavy atom. The monoisotopic (exact) mass is 330 g/mol. The first kappa shape index (κ1) is 15.1. The van der Waals surface area contributed by atoms with Gasteiger partial charge in [0.2, 0.25) is 0 Å². The van der Waals surface area contributed by atoms with Gasteiger partial charge in [-0.15, -0.1) is 0 Å². The highest BCUT2D eigenvalue weighted by Crippen LogP contribution is 2.21. The third-order valence-corrected chi connectivity index (χ3v) is 3.53. The fourth-order valence-corrected chi connectivity index (χ4v) is 2.26. The van der Waals surface area contributed by atoms with Gasteiger partial charge in [0.1, 0.15) is 11.3 Å². The summed E-state index contributed by atoms with van der Waals surface area (Å²) in [5.74, 6) is -0.816. The van der Waals surface area contributed by atoms with E-state index in [9.17, 15) is 9.59 Å². The van der Waals surface area contributed by atoms with Crippen LogP contribution in [0.5, 0.6) is 0 Å². The summed E-state index contributed by atoms with van der Waals surface area (Å²) in [6, 6.07) is 11.6. The molecule has 116 valence electrons. The number of carboxylic acid groups (broad SMARTS) is 1. The first-order chi connectivity index (χ1) is 11.0. The van der Waals surface area contributed by atoms with E-state index in [1.165, 1.54) is 22.9 Å². The molecule has 0 atom stereocenters. The Hall–Kier alpha value is -2.86. The lowest BCUT2D eigenvalue weighted by molar-refractivity contribution is 0.0694. The van der Waals surface area contributed by atoms with Gasteiger partial charge in [0.05, 0.1) is 6.54 Å². The number of pyridine rings is 1. The lowest BCUT2D eigenvalue weighted by Gasteiger charge is -2.03. The fraction of sp³-hybridized carbons (Fsp3) is 0.0625. The molecule has 3 aromatic rings. The molecule has 6 nitrogen and oxygen atoms in total. The van der Waals surface area contributed by atoms with Crippen molar-refractivity contribution in [3.8, 4) is 11.3 Å². The predicted octanol–water partition coefficient (Wildman–Crippen LogP) is 2.90. The van der Waals surface area contributed by atoms with Crippen LogP contribution in [0.25, 0.3) is 11.3 Å². The Morgan fingerprint density at radius 1 is 1.26 bits per heavy atom. The molecule has 2 heterocycles. The number of rotatable bonds is 4. The molecule has 0 aliphatic heterocycles. The van der Waals surface area contributed by atoms with Gasteiger partial charge < -0.3 is 14.2 Å². The summed E-state index contributed by atoms with van der Waals surface area (Å²) >= 11 is 5.84. The van der Waals surface area contributed by atoms with Gasteiger partial charge in [0, 0.05) is 22.8 Å². The number of nitrogens with zero attached hydrogens (tertiary/aromatic N) is 2. The smallest absolute Gasteiger partial charge is 0.341 e. The molecule has 1 aromatic carbocycles. The predicted molar refractivity (Wildman–Crippen MR) is 83.7 cm³/mol. The molecule has 0 spiro atoms. The maximum Gasteiger partial charge on any atom is 0.341 e. The van der Waals surface area contributed by atoms with Gasteiger partial charge in [-0.25, -0.2) is 4.79 Å². The number of hydrogen-bond donors (Lipinski definition) is 1. The van der Waals surface area contributed by atoms with Crippen LogP contribution in [0.2, 0.25) is 5.02 Å². The molecule has 0 fully saturated rings. The molecule has 0 aliphatic carbocycles. The van der Waals surface area contributed by atoms with E-state index in [0.717, 1.165) is 5.56 Å². The van der Waals surface area contributed by atoms with E-state index in [1.54, 1.807) is 30.3 Å². The van der Waals surface area contributed by atoms with E-state index < -0.39 is 11.5 Å². The minimum Gasteiger partial charge on any atom is -0.477 e. The molecule has 7 heteroatoms. The van der Waals surface area contributed by atoms with Crippen LogP contribution in [-0.4, -0.2) is 20.8 Å². The van der Waals surface area contributed by atoms with Crippen LogP contribution >= 0.6 is 11.6 Å². The van der Waals surface area contributed by atoms with Gasteiger partial charge in [0.25, 0.3) is 5.56 Å². The number of aromatic carboxylic acids is 1. The number of hydrogen-bond acceptors (Lipinski definition) is 4. The standard InChI is InChI=1S/C16H11ClN2O4/c17-11-5-3-10(4-6-11)14-8-12(23-18-14)9-19-7-1-2-13(15(19)20)16(21)22/h1-8H,9H2,(H,21,22). The van der Waals surface area contributed by atoms with Crippen molar-refractivity contribution >= 4 is 17.6 Å². The largest absolute Gasteiger partial charge is 0.477 e. The van der Waals surface area contributed by atoms with E-state index >= 15 is 0 Å². The molecule has 0 bridgehead atoms. The molecule has 2 aromatic heterocycles. The molecule has 23 heavy (non-hydrogen) atoms. The van der Waals surface area contributed by atoms with E-state index in [0.29, 0.717) is 16.5 Å². The van der Waals surface area contributed by atoms with E-state index in [1.807, 2.05) is 0 Å². The minimum atomic E-state index is -1.26. The zero-order chi connectivity index (χ0) is 16.4. The van der Waals surface area contributed by atoms with Gasteiger partial charge in [-0.2, -0.15) is 0 Å². The Kier molecular flexibility index (Phi) is 3.99. The van der Waals surface area contributed by atoms with E-state index in [4.69, 9.17) is 21.2 Å². The summed E-state index contributed by atoms with van der Waals surface area (Å²) < 4.78 is 6.48. The second-order valence-electron chi connectivity index (χ2n) is 4.85. The first-order valence-corrected chi connectivity index (χ1v) is 7.06. The molecule has 0 amide bonds. The summed E-state index contributed by atoms with van der Waals surface area (Å²) in [7, 11) is 0. The highest BCUT2D eigenvalue weighted by atomic mass is 35.5. The molecular weight excluding hydrogens is 320 g/mol. The molecule has 0 saturated carbocycles. The van der Waals surface area contributed by atoms with Crippen LogP contribution in [0.1, 0.15) is 16.1 Å². The van der Waals surface area contributed by atoms with Crippen LogP contribution in [0.15, 0.2) is 58.0 Å². The molecule has 0 unspecified atom stereocenters. The molecule has 0 saturated heterocycles. The van der Waals surface area contributed by atoms with E-state index in [-0.39, 0.29) is 12.1 Å². The minimum absolute atomic E-state index is 0.0978. The number of aromatic nitrogens is 2. The Labute approximate surface area is 135 Å². The SMILES string of the molecule is O=C(O)c1cccn(Cc2cc(-c3ccc(Cl)cc3)no2)c1=O.